The molecular weight excluding hydrogens is 322 g/mol. The summed E-state index contributed by atoms with van der Waals surface area (Å²) < 4.78 is 0. The number of thiophene rings is 1. The molecule has 0 bridgehead atoms. The van der Waals surface area contributed by atoms with Crippen molar-refractivity contribution in [1.29, 1.82) is 0 Å². The number of nitrogens with one attached hydrogen (secondary N) is 1. The van der Waals surface area contributed by atoms with Crippen molar-refractivity contribution in [2.45, 2.75) is 13.5 Å². The fourth-order valence-electron chi connectivity index (χ4n) is 2.50. The van der Waals surface area contributed by atoms with Gasteiger partial charge in [-0.05, 0) is 47.7 Å². The Kier molecular flexibility index (Phi) is 5.08. The number of hydrogen-bond acceptors (Lipinski definition) is 4. The molecule has 0 saturated carbocycles. The molecule has 0 unspecified atom stereocenters. The number of aliphatic hydroxyl groups is 1. The maximum Gasteiger partial charge on any atom is 0.254 e. The predicted octanol–water partition coefficient (Wildman–Crippen LogP) is 3.08. The molecule has 2 heterocycles. The first-order chi connectivity index (χ1) is 11.7. The third kappa shape index (κ3) is 3.55. The molecule has 0 aliphatic rings. The summed E-state index contributed by atoms with van der Waals surface area (Å²) in [6, 6.07) is 11.3. The summed E-state index contributed by atoms with van der Waals surface area (Å²) in [5.74, 6) is -0.0759. The van der Waals surface area contributed by atoms with E-state index in [-0.39, 0.29) is 12.5 Å². The van der Waals surface area contributed by atoms with Crippen molar-refractivity contribution in [3.05, 3.63) is 64.0 Å². The molecule has 0 saturated heterocycles. The number of rotatable bonds is 6. The van der Waals surface area contributed by atoms with Gasteiger partial charge in [0.25, 0.3) is 5.91 Å². The van der Waals surface area contributed by atoms with E-state index < -0.39 is 0 Å². The summed E-state index contributed by atoms with van der Waals surface area (Å²) >= 11 is 1.63. The summed E-state index contributed by atoms with van der Waals surface area (Å²) in [6.45, 7) is 2.82. The highest BCUT2D eigenvalue weighted by Crippen LogP contribution is 2.21. The number of hydrogen-bond donors (Lipinski definition) is 2. The molecule has 2 N–H and O–H groups in total. The maximum atomic E-state index is 12.8. The number of amides is 1. The van der Waals surface area contributed by atoms with Crippen LogP contribution in [0.1, 0.15) is 20.8 Å². The monoisotopic (exact) mass is 341 g/mol. The molecule has 6 heteroatoms. The van der Waals surface area contributed by atoms with Crippen molar-refractivity contribution in [2.24, 2.45) is 0 Å². The Morgan fingerprint density at radius 1 is 1.25 bits per heavy atom. The highest BCUT2D eigenvalue weighted by molar-refractivity contribution is 7.10. The van der Waals surface area contributed by atoms with E-state index in [9.17, 15) is 9.90 Å². The lowest BCUT2D eigenvalue weighted by Gasteiger charge is -2.21. The summed E-state index contributed by atoms with van der Waals surface area (Å²) in [6.07, 6.45) is 1.70. The van der Waals surface area contributed by atoms with Crippen molar-refractivity contribution < 1.29 is 9.90 Å². The number of nitrogens with zero attached hydrogens (tertiary/aromatic N) is 2. The SMILES string of the molecule is Cc1ccsc1CN(CCO)C(=O)c1ccc(-c2ccn[nH]2)cc1. The van der Waals surface area contributed by atoms with E-state index in [0.29, 0.717) is 18.7 Å². The number of aryl methyl sites for hydroxylation is 1. The van der Waals surface area contributed by atoms with Gasteiger partial charge in [-0.15, -0.1) is 11.3 Å². The normalized spacial score (nSPS) is 10.8. The van der Waals surface area contributed by atoms with Gasteiger partial charge >= 0.3 is 0 Å². The lowest BCUT2D eigenvalue weighted by molar-refractivity contribution is 0.0709. The van der Waals surface area contributed by atoms with E-state index >= 15 is 0 Å². The molecule has 3 rings (SSSR count). The van der Waals surface area contributed by atoms with E-state index in [4.69, 9.17) is 0 Å². The van der Waals surface area contributed by atoms with Crippen LogP contribution in [0.15, 0.2) is 48.0 Å². The molecule has 0 atom stereocenters. The maximum absolute atomic E-state index is 12.8. The van der Waals surface area contributed by atoms with E-state index in [2.05, 4.69) is 10.2 Å². The zero-order chi connectivity index (χ0) is 16.9. The first-order valence-electron chi connectivity index (χ1n) is 7.72. The van der Waals surface area contributed by atoms with Gasteiger partial charge in [-0.2, -0.15) is 5.10 Å². The van der Waals surface area contributed by atoms with Crippen molar-refractivity contribution >= 4 is 17.2 Å². The van der Waals surface area contributed by atoms with Gasteiger partial charge in [0.15, 0.2) is 0 Å². The minimum atomic E-state index is -0.0759. The minimum absolute atomic E-state index is 0.0532. The molecule has 1 amide bonds. The number of carbonyl (C=O) groups is 1. The largest absolute Gasteiger partial charge is 0.395 e. The number of aromatic nitrogens is 2. The molecule has 0 aliphatic heterocycles. The molecule has 124 valence electrons. The third-order valence-electron chi connectivity index (χ3n) is 3.90. The average Bonchev–Trinajstić information content (AvgIpc) is 3.26. The van der Waals surface area contributed by atoms with Crippen LogP contribution in [-0.2, 0) is 6.54 Å². The van der Waals surface area contributed by atoms with Crippen LogP contribution in [-0.4, -0.2) is 39.3 Å². The lowest BCUT2D eigenvalue weighted by atomic mass is 10.1. The van der Waals surface area contributed by atoms with Gasteiger partial charge in [-0.3, -0.25) is 9.89 Å². The summed E-state index contributed by atoms with van der Waals surface area (Å²) in [5, 5.41) is 18.2. The molecule has 24 heavy (non-hydrogen) atoms. The fourth-order valence-corrected chi connectivity index (χ4v) is 3.42. The number of aromatic amines is 1. The smallest absolute Gasteiger partial charge is 0.254 e. The molecule has 0 radical (unpaired) electrons. The highest BCUT2D eigenvalue weighted by Gasteiger charge is 2.17. The molecule has 2 aromatic heterocycles. The standard InChI is InChI=1S/C18H19N3O2S/c1-13-7-11-24-17(13)12-21(9-10-22)18(23)15-4-2-14(3-5-15)16-6-8-19-20-16/h2-8,11,22H,9-10,12H2,1H3,(H,19,20). The fraction of sp³-hybridized carbons (Fsp3) is 0.222. The van der Waals surface area contributed by atoms with E-state index in [1.807, 2.05) is 48.7 Å². The molecule has 0 spiro atoms. The van der Waals surface area contributed by atoms with Crippen LogP contribution in [0.4, 0.5) is 0 Å². The zero-order valence-electron chi connectivity index (χ0n) is 13.4. The Labute approximate surface area is 144 Å². The first kappa shape index (κ1) is 16.4. The Morgan fingerprint density at radius 2 is 2.04 bits per heavy atom. The van der Waals surface area contributed by atoms with E-state index in [1.165, 1.54) is 5.56 Å². The van der Waals surface area contributed by atoms with Crippen molar-refractivity contribution in [1.82, 2.24) is 15.1 Å². The molecule has 0 fully saturated rings. The molecule has 0 aliphatic carbocycles. The average molecular weight is 341 g/mol. The topological polar surface area (TPSA) is 69.2 Å². The van der Waals surface area contributed by atoms with Crippen LogP contribution in [0.25, 0.3) is 11.3 Å². The van der Waals surface area contributed by atoms with Crippen LogP contribution in [0.2, 0.25) is 0 Å². The van der Waals surface area contributed by atoms with Gasteiger partial charge in [0, 0.05) is 23.2 Å². The Morgan fingerprint density at radius 3 is 2.62 bits per heavy atom. The lowest BCUT2D eigenvalue weighted by Crippen LogP contribution is -2.33. The van der Waals surface area contributed by atoms with E-state index in [0.717, 1.165) is 16.1 Å². The Bertz CT molecular complexity index is 794. The molecular formula is C18H19N3O2S. The third-order valence-corrected chi connectivity index (χ3v) is 4.91. The minimum Gasteiger partial charge on any atom is -0.395 e. The highest BCUT2D eigenvalue weighted by atomic mass is 32.1. The Hall–Kier alpha value is -2.44. The van der Waals surface area contributed by atoms with Crippen LogP contribution in [0.5, 0.6) is 0 Å². The van der Waals surface area contributed by atoms with Gasteiger partial charge in [0.05, 0.1) is 18.8 Å². The summed E-state index contributed by atoms with van der Waals surface area (Å²) in [7, 11) is 0. The van der Waals surface area contributed by atoms with Crippen LogP contribution < -0.4 is 0 Å². The summed E-state index contributed by atoms with van der Waals surface area (Å²) in [5.41, 5.74) is 3.67. The molecule has 3 aromatic rings. The predicted molar refractivity (Wildman–Crippen MR) is 94.9 cm³/mol. The van der Waals surface area contributed by atoms with Crippen molar-refractivity contribution in [3.8, 4) is 11.3 Å². The van der Waals surface area contributed by atoms with Crippen molar-refractivity contribution in [2.75, 3.05) is 13.2 Å². The second kappa shape index (κ2) is 7.42. The zero-order valence-corrected chi connectivity index (χ0v) is 14.2. The molecule has 1 aromatic carbocycles. The molecule has 5 nitrogen and oxygen atoms in total. The quantitative estimate of drug-likeness (QED) is 0.724. The van der Waals surface area contributed by atoms with Gasteiger partial charge in [-0.25, -0.2) is 0 Å². The first-order valence-corrected chi connectivity index (χ1v) is 8.60. The van der Waals surface area contributed by atoms with Crippen LogP contribution in [0.3, 0.4) is 0 Å². The van der Waals surface area contributed by atoms with Gasteiger partial charge in [-0.1, -0.05) is 12.1 Å². The van der Waals surface area contributed by atoms with Crippen LogP contribution in [0, 0.1) is 6.92 Å². The number of benzene rings is 1. The van der Waals surface area contributed by atoms with Crippen LogP contribution >= 0.6 is 11.3 Å². The van der Waals surface area contributed by atoms with Gasteiger partial charge in [0.2, 0.25) is 0 Å². The van der Waals surface area contributed by atoms with Gasteiger partial charge in [0.1, 0.15) is 0 Å². The Balaban J connectivity index is 1.78. The van der Waals surface area contributed by atoms with Crippen molar-refractivity contribution in [3.63, 3.8) is 0 Å². The van der Waals surface area contributed by atoms with E-state index in [1.54, 1.807) is 22.4 Å². The number of aliphatic hydroxyl groups excluding tert-OH is 1. The number of carbonyl (C=O) groups excluding carboxylic acids is 1. The second-order valence-corrected chi connectivity index (χ2v) is 6.53. The summed E-state index contributed by atoms with van der Waals surface area (Å²) in [4.78, 5) is 15.6. The second-order valence-electron chi connectivity index (χ2n) is 5.52. The number of H-pyrrole nitrogens is 1. The van der Waals surface area contributed by atoms with Gasteiger partial charge < -0.3 is 10.0 Å².